The van der Waals surface area contributed by atoms with Gasteiger partial charge in [0.15, 0.2) is 0 Å². The number of anilines is 1. The summed E-state index contributed by atoms with van der Waals surface area (Å²) in [5, 5.41) is 11.3. The molecule has 1 aliphatic rings. The largest absolute Gasteiger partial charge is 0.478 e. The summed E-state index contributed by atoms with van der Waals surface area (Å²) in [6.45, 7) is 1.52. The van der Waals surface area contributed by atoms with Gasteiger partial charge in [0.25, 0.3) is 11.1 Å². The number of aryl methyl sites for hydroxylation is 1. The molecule has 9 heteroatoms. The lowest BCUT2D eigenvalue weighted by Crippen LogP contribution is -2.36. The number of carboxylic acids is 1. The fourth-order valence-electron chi connectivity index (χ4n) is 3.14. The number of nitrogens with one attached hydrogen (secondary N) is 1. The first kappa shape index (κ1) is 22.1. The molecule has 3 amide bonds. The number of carbonyl (C=O) groups is 4. The van der Waals surface area contributed by atoms with Crippen molar-refractivity contribution in [3.8, 4) is 11.3 Å². The Kier molecular flexibility index (Phi) is 6.14. The molecule has 0 spiro atoms. The third-order valence-electron chi connectivity index (χ3n) is 4.80. The number of hydrogen-bond acceptors (Lipinski definition) is 6. The Balaban J connectivity index is 1.45. The maximum absolute atomic E-state index is 12.7. The summed E-state index contributed by atoms with van der Waals surface area (Å²) in [7, 11) is 0. The Hall–Kier alpha value is -4.11. The van der Waals surface area contributed by atoms with Crippen LogP contribution in [0.1, 0.15) is 21.7 Å². The highest BCUT2D eigenvalue weighted by Gasteiger charge is 2.36. The lowest BCUT2D eigenvalue weighted by atomic mass is 10.1. The van der Waals surface area contributed by atoms with Crippen LogP contribution in [0.2, 0.25) is 0 Å². The van der Waals surface area contributed by atoms with E-state index in [1.54, 1.807) is 36.4 Å². The fourth-order valence-corrected chi connectivity index (χ4v) is 3.96. The van der Waals surface area contributed by atoms with Crippen LogP contribution in [0.5, 0.6) is 0 Å². The van der Waals surface area contributed by atoms with Crippen molar-refractivity contribution in [2.75, 3.05) is 11.9 Å². The second-order valence-electron chi connectivity index (χ2n) is 7.27. The summed E-state index contributed by atoms with van der Waals surface area (Å²) in [5.41, 5.74) is 2.30. The van der Waals surface area contributed by atoms with Gasteiger partial charge in [-0.25, -0.2) is 4.79 Å². The zero-order valence-electron chi connectivity index (χ0n) is 17.4. The predicted octanol–water partition coefficient (Wildman–Crippen LogP) is 4.63. The number of furan rings is 1. The van der Waals surface area contributed by atoms with Gasteiger partial charge in [0.1, 0.15) is 18.1 Å². The van der Waals surface area contributed by atoms with E-state index in [1.807, 2.05) is 19.1 Å². The average Bonchev–Trinajstić information content (AvgIpc) is 3.36. The van der Waals surface area contributed by atoms with Crippen LogP contribution in [0.15, 0.2) is 70.0 Å². The van der Waals surface area contributed by atoms with Crippen LogP contribution in [0.4, 0.5) is 10.5 Å². The van der Waals surface area contributed by atoms with E-state index in [-0.39, 0.29) is 10.5 Å². The van der Waals surface area contributed by atoms with Crippen LogP contribution in [-0.4, -0.2) is 39.6 Å². The van der Waals surface area contributed by atoms with Crippen molar-refractivity contribution >= 4 is 46.5 Å². The molecule has 0 aliphatic carbocycles. The van der Waals surface area contributed by atoms with Crippen LogP contribution >= 0.6 is 11.8 Å². The zero-order valence-corrected chi connectivity index (χ0v) is 18.2. The summed E-state index contributed by atoms with van der Waals surface area (Å²) < 4.78 is 5.71. The second-order valence-corrected chi connectivity index (χ2v) is 8.26. The van der Waals surface area contributed by atoms with Crippen LogP contribution in [0.3, 0.4) is 0 Å². The zero-order chi connectivity index (χ0) is 23.5. The molecule has 1 aromatic heterocycles. The summed E-state index contributed by atoms with van der Waals surface area (Å²) in [6, 6.07) is 16.7. The number of carboxylic acid groups (broad SMARTS) is 1. The number of imide groups is 1. The Bertz CT molecular complexity index is 1290. The van der Waals surface area contributed by atoms with Crippen LogP contribution < -0.4 is 5.32 Å². The molecule has 0 radical (unpaired) electrons. The van der Waals surface area contributed by atoms with Gasteiger partial charge >= 0.3 is 5.97 Å². The number of hydrogen-bond donors (Lipinski definition) is 2. The Labute approximate surface area is 192 Å². The lowest BCUT2D eigenvalue weighted by molar-refractivity contribution is -0.127. The number of nitrogens with zero attached hydrogens (tertiary/aromatic N) is 1. The summed E-state index contributed by atoms with van der Waals surface area (Å²) in [6.07, 6.45) is 1.42. The normalized spacial score (nSPS) is 14.7. The van der Waals surface area contributed by atoms with Crippen molar-refractivity contribution in [2.45, 2.75) is 6.92 Å². The highest BCUT2D eigenvalue weighted by molar-refractivity contribution is 8.18. The molecule has 3 aromatic rings. The monoisotopic (exact) mass is 462 g/mol. The first-order valence-electron chi connectivity index (χ1n) is 9.85. The first-order valence-corrected chi connectivity index (χ1v) is 10.7. The average molecular weight is 462 g/mol. The molecule has 0 unspecified atom stereocenters. The minimum Gasteiger partial charge on any atom is -0.478 e. The van der Waals surface area contributed by atoms with Gasteiger partial charge in [-0.15, -0.1) is 0 Å². The first-order chi connectivity index (χ1) is 15.8. The van der Waals surface area contributed by atoms with Crippen LogP contribution in [0, 0.1) is 6.92 Å². The van der Waals surface area contributed by atoms with Crippen molar-refractivity contribution in [2.24, 2.45) is 0 Å². The minimum atomic E-state index is -1.05. The molecule has 1 aliphatic heterocycles. The van der Waals surface area contributed by atoms with Gasteiger partial charge in [0.05, 0.1) is 10.5 Å². The van der Waals surface area contributed by atoms with Gasteiger partial charge in [-0.1, -0.05) is 29.8 Å². The van der Waals surface area contributed by atoms with E-state index >= 15 is 0 Å². The molecule has 2 heterocycles. The van der Waals surface area contributed by atoms with E-state index in [0.29, 0.717) is 22.8 Å². The van der Waals surface area contributed by atoms with E-state index in [0.717, 1.165) is 22.2 Å². The van der Waals surface area contributed by atoms with Crippen molar-refractivity contribution in [1.29, 1.82) is 0 Å². The molecule has 2 N–H and O–H groups in total. The Morgan fingerprint density at radius 2 is 1.85 bits per heavy atom. The Morgan fingerprint density at radius 1 is 1.09 bits per heavy atom. The SMILES string of the molecule is Cc1ccc(NC(=O)CN2C(=O)S/C(=C\c3ccc(-c4cccc(C(=O)O)c4)o3)C2=O)cc1. The molecule has 0 saturated carbocycles. The number of amides is 3. The molecule has 0 atom stereocenters. The third kappa shape index (κ3) is 5.04. The smallest absolute Gasteiger partial charge is 0.335 e. The molecule has 166 valence electrons. The molecule has 33 heavy (non-hydrogen) atoms. The van der Waals surface area contributed by atoms with E-state index in [9.17, 15) is 19.2 Å². The predicted molar refractivity (Wildman–Crippen MR) is 124 cm³/mol. The summed E-state index contributed by atoms with van der Waals surface area (Å²) in [4.78, 5) is 49.5. The van der Waals surface area contributed by atoms with Crippen molar-refractivity contribution in [1.82, 2.24) is 4.90 Å². The molecule has 0 bridgehead atoms. The van der Waals surface area contributed by atoms with Crippen molar-refractivity contribution in [3.05, 3.63) is 82.5 Å². The Morgan fingerprint density at radius 3 is 2.58 bits per heavy atom. The van der Waals surface area contributed by atoms with Gasteiger partial charge < -0.3 is 14.8 Å². The number of benzene rings is 2. The van der Waals surface area contributed by atoms with Crippen LogP contribution in [-0.2, 0) is 9.59 Å². The number of thioether (sulfide) groups is 1. The summed E-state index contributed by atoms with van der Waals surface area (Å²) in [5.74, 6) is -1.39. The number of carbonyl (C=O) groups excluding carboxylic acids is 3. The van der Waals surface area contributed by atoms with Gasteiger partial charge in [-0.3, -0.25) is 19.3 Å². The van der Waals surface area contributed by atoms with Gasteiger partial charge in [-0.05, 0) is 55.1 Å². The molecule has 1 saturated heterocycles. The quantitative estimate of drug-likeness (QED) is 0.513. The minimum absolute atomic E-state index is 0.121. The molecule has 8 nitrogen and oxygen atoms in total. The number of aromatic carboxylic acids is 1. The maximum Gasteiger partial charge on any atom is 0.335 e. The van der Waals surface area contributed by atoms with Gasteiger partial charge in [0, 0.05) is 17.3 Å². The second kappa shape index (κ2) is 9.17. The third-order valence-corrected chi connectivity index (χ3v) is 5.71. The highest BCUT2D eigenvalue weighted by atomic mass is 32.2. The summed E-state index contributed by atoms with van der Waals surface area (Å²) >= 11 is 0.719. The molecule has 4 rings (SSSR count). The molecule has 1 fully saturated rings. The molecular weight excluding hydrogens is 444 g/mol. The highest BCUT2D eigenvalue weighted by Crippen LogP contribution is 2.33. The van der Waals surface area contributed by atoms with E-state index < -0.39 is 29.6 Å². The standard InChI is InChI=1S/C24H18N2O6S/c1-14-5-7-17(8-6-14)25-21(27)13-26-22(28)20(33-24(26)31)12-18-9-10-19(32-18)15-3-2-4-16(11-15)23(29)30/h2-12H,13H2,1H3,(H,25,27)(H,29,30)/b20-12-. The van der Waals surface area contributed by atoms with Crippen LogP contribution in [0.25, 0.3) is 17.4 Å². The van der Waals surface area contributed by atoms with Gasteiger partial charge in [-0.2, -0.15) is 0 Å². The maximum atomic E-state index is 12.7. The topological polar surface area (TPSA) is 117 Å². The lowest BCUT2D eigenvalue weighted by Gasteiger charge is -2.12. The van der Waals surface area contributed by atoms with Crippen molar-refractivity contribution < 1.29 is 28.7 Å². The van der Waals surface area contributed by atoms with E-state index in [2.05, 4.69) is 5.32 Å². The van der Waals surface area contributed by atoms with E-state index in [1.165, 1.54) is 18.2 Å². The van der Waals surface area contributed by atoms with Gasteiger partial charge in [0.2, 0.25) is 5.91 Å². The molecular formula is C24H18N2O6S. The van der Waals surface area contributed by atoms with E-state index in [4.69, 9.17) is 9.52 Å². The fraction of sp³-hybridized carbons (Fsp3) is 0.0833. The number of rotatable bonds is 6. The molecule has 2 aromatic carbocycles. The van der Waals surface area contributed by atoms with Crippen molar-refractivity contribution in [3.63, 3.8) is 0 Å².